The van der Waals surface area contributed by atoms with Crippen LogP contribution in [0, 0.1) is 18.3 Å². The first-order valence-corrected chi connectivity index (χ1v) is 7.49. The molecule has 0 bridgehead atoms. The maximum absolute atomic E-state index is 12.6. The molecule has 0 aromatic heterocycles. The lowest BCUT2D eigenvalue weighted by Crippen LogP contribution is -2.37. The largest absolute Gasteiger partial charge is 0.399 e. The van der Waals surface area contributed by atoms with Gasteiger partial charge in [0, 0.05) is 24.7 Å². The zero-order chi connectivity index (χ0) is 14.6. The first-order valence-electron chi connectivity index (χ1n) is 6.05. The van der Waals surface area contributed by atoms with Gasteiger partial charge < -0.3 is 5.73 Å². The van der Waals surface area contributed by atoms with Crippen LogP contribution in [-0.2, 0) is 10.0 Å². The monoisotopic (exact) mass is 281 g/mol. The summed E-state index contributed by atoms with van der Waals surface area (Å²) in [4.78, 5) is 0.244. The summed E-state index contributed by atoms with van der Waals surface area (Å²) in [5, 5.41) is 8.64. The molecule has 0 aliphatic carbocycles. The van der Waals surface area contributed by atoms with Crippen molar-refractivity contribution in [2.24, 2.45) is 0 Å². The fourth-order valence-corrected chi connectivity index (χ4v) is 3.75. The number of sulfonamides is 1. The highest BCUT2D eigenvalue weighted by Gasteiger charge is 2.27. The number of rotatable bonds is 5. The van der Waals surface area contributed by atoms with Gasteiger partial charge in [-0.15, -0.1) is 0 Å². The van der Waals surface area contributed by atoms with E-state index in [1.807, 2.05) is 6.07 Å². The van der Waals surface area contributed by atoms with Crippen molar-refractivity contribution < 1.29 is 8.42 Å². The van der Waals surface area contributed by atoms with Crippen LogP contribution in [0.5, 0.6) is 0 Å². The summed E-state index contributed by atoms with van der Waals surface area (Å²) >= 11 is 0. The lowest BCUT2D eigenvalue weighted by molar-refractivity contribution is 0.360. The highest BCUT2D eigenvalue weighted by Crippen LogP contribution is 2.23. The summed E-state index contributed by atoms with van der Waals surface area (Å²) in [6.07, 6.45) is 0.172. The summed E-state index contributed by atoms with van der Waals surface area (Å²) in [7, 11) is -3.59. The van der Waals surface area contributed by atoms with Gasteiger partial charge in [-0.05, 0) is 44.5 Å². The Bertz CT molecular complexity index is 588. The third-order valence-corrected chi connectivity index (χ3v) is 5.04. The second-order valence-electron chi connectivity index (χ2n) is 4.64. The Labute approximate surface area is 114 Å². The zero-order valence-corrected chi connectivity index (χ0v) is 12.2. The predicted octanol–water partition coefficient (Wildman–Crippen LogP) is 1.89. The number of nitrogen functional groups attached to an aromatic ring is 1. The van der Waals surface area contributed by atoms with E-state index in [0.29, 0.717) is 11.3 Å². The lowest BCUT2D eigenvalue weighted by atomic mass is 10.2. The molecule has 0 spiro atoms. The highest BCUT2D eigenvalue weighted by atomic mass is 32.2. The van der Waals surface area contributed by atoms with E-state index in [4.69, 9.17) is 11.0 Å². The van der Waals surface area contributed by atoms with Gasteiger partial charge in [0.1, 0.15) is 0 Å². The number of hydrogen-bond acceptors (Lipinski definition) is 4. The van der Waals surface area contributed by atoms with Gasteiger partial charge in [-0.1, -0.05) is 0 Å². The van der Waals surface area contributed by atoms with Crippen molar-refractivity contribution in [3.8, 4) is 6.07 Å². The molecule has 0 atom stereocenters. The molecular weight excluding hydrogens is 262 g/mol. The van der Waals surface area contributed by atoms with E-state index in [2.05, 4.69) is 0 Å². The summed E-state index contributed by atoms with van der Waals surface area (Å²) in [5.74, 6) is 0. The van der Waals surface area contributed by atoms with E-state index in [9.17, 15) is 8.42 Å². The van der Waals surface area contributed by atoms with Crippen LogP contribution in [0.25, 0.3) is 0 Å². The van der Waals surface area contributed by atoms with Crippen molar-refractivity contribution in [1.29, 1.82) is 5.26 Å². The molecule has 0 radical (unpaired) electrons. The number of hydrogen-bond donors (Lipinski definition) is 1. The van der Waals surface area contributed by atoms with E-state index >= 15 is 0 Å². The van der Waals surface area contributed by atoms with Crippen molar-refractivity contribution in [2.45, 2.75) is 38.1 Å². The molecule has 104 valence electrons. The topological polar surface area (TPSA) is 87.2 Å². The zero-order valence-electron chi connectivity index (χ0n) is 11.4. The molecule has 1 rings (SSSR count). The number of nitrogens with two attached hydrogens (primary N) is 1. The Morgan fingerprint density at radius 3 is 2.53 bits per heavy atom. The minimum absolute atomic E-state index is 0.172. The third kappa shape index (κ3) is 3.46. The Morgan fingerprint density at radius 1 is 1.42 bits per heavy atom. The van der Waals surface area contributed by atoms with Gasteiger partial charge in [-0.25, -0.2) is 8.42 Å². The van der Waals surface area contributed by atoms with Crippen LogP contribution in [0.4, 0.5) is 5.69 Å². The molecule has 5 nitrogen and oxygen atoms in total. The molecule has 0 saturated carbocycles. The molecule has 1 aromatic rings. The average molecular weight is 281 g/mol. The maximum atomic E-state index is 12.6. The minimum Gasteiger partial charge on any atom is -0.399 e. The van der Waals surface area contributed by atoms with Crippen LogP contribution >= 0.6 is 0 Å². The molecule has 1 aromatic carbocycles. The van der Waals surface area contributed by atoms with Gasteiger partial charge >= 0.3 is 0 Å². The van der Waals surface area contributed by atoms with Crippen molar-refractivity contribution >= 4 is 15.7 Å². The molecular formula is C13H19N3O2S. The van der Waals surface area contributed by atoms with Crippen LogP contribution in [0.15, 0.2) is 23.1 Å². The van der Waals surface area contributed by atoms with E-state index in [0.717, 1.165) is 0 Å². The molecule has 0 aliphatic heterocycles. The summed E-state index contributed by atoms with van der Waals surface area (Å²) < 4.78 is 26.5. The van der Waals surface area contributed by atoms with E-state index in [1.165, 1.54) is 10.4 Å². The Kier molecular flexibility index (Phi) is 4.92. The SMILES string of the molecule is Cc1cc(N)ccc1S(=O)(=O)N(CCC#N)C(C)C. The van der Waals surface area contributed by atoms with E-state index < -0.39 is 10.0 Å². The maximum Gasteiger partial charge on any atom is 0.243 e. The first kappa shape index (κ1) is 15.5. The first-order chi connectivity index (χ1) is 8.80. The van der Waals surface area contributed by atoms with Crippen LogP contribution in [0.3, 0.4) is 0 Å². The van der Waals surface area contributed by atoms with E-state index in [1.54, 1.807) is 32.9 Å². The molecule has 0 saturated heterocycles. The molecule has 0 fully saturated rings. The molecule has 0 heterocycles. The molecule has 6 heteroatoms. The number of anilines is 1. The highest BCUT2D eigenvalue weighted by molar-refractivity contribution is 7.89. The van der Waals surface area contributed by atoms with Gasteiger partial charge in [0.05, 0.1) is 11.0 Å². The normalized spacial score (nSPS) is 11.8. The fourth-order valence-electron chi connectivity index (χ4n) is 1.90. The van der Waals surface area contributed by atoms with Gasteiger partial charge in [0.15, 0.2) is 0 Å². The second kappa shape index (κ2) is 6.04. The van der Waals surface area contributed by atoms with Crippen molar-refractivity contribution in [3.05, 3.63) is 23.8 Å². The summed E-state index contributed by atoms with van der Waals surface area (Å²) in [5.41, 5.74) is 6.78. The number of nitriles is 1. The Balaban J connectivity index is 3.23. The lowest BCUT2D eigenvalue weighted by Gasteiger charge is -2.25. The molecule has 0 amide bonds. The molecule has 19 heavy (non-hydrogen) atoms. The fraction of sp³-hybridized carbons (Fsp3) is 0.462. The number of aryl methyl sites for hydroxylation is 1. The Hall–Kier alpha value is -1.58. The van der Waals surface area contributed by atoms with Crippen molar-refractivity contribution in [3.63, 3.8) is 0 Å². The van der Waals surface area contributed by atoms with Crippen molar-refractivity contribution in [1.82, 2.24) is 4.31 Å². The van der Waals surface area contributed by atoms with E-state index in [-0.39, 0.29) is 23.9 Å². The average Bonchev–Trinajstić information content (AvgIpc) is 2.27. The van der Waals surface area contributed by atoms with Crippen LogP contribution in [0.2, 0.25) is 0 Å². The van der Waals surface area contributed by atoms with Gasteiger partial charge in [0.2, 0.25) is 10.0 Å². The van der Waals surface area contributed by atoms with Gasteiger partial charge in [-0.3, -0.25) is 0 Å². The van der Waals surface area contributed by atoms with Gasteiger partial charge in [0.25, 0.3) is 0 Å². The number of benzene rings is 1. The number of nitrogens with zero attached hydrogens (tertiary/aromatic N) is 2. The summed E-state index contributed by atoms with van der Waals surface area (Å²) in [6, 6.07) is 6.50. The third-order valence-electron chi connectivity index (χ3n) is 2.81. The second-order valence-corrected chi connectivity index (χ2v) is 6.50. The smallest absolute Gasteiger partial charge is 0.243 e. The quantitative estimate of drug-likeness (QED) is 0.835. The molecule has 2 N–H and O–H groups in total. The van der Waals surface area contributed by atoms with Crippen LogP contribution in [0.1, 0.15) is 25.8 Å². The molecule has 0 aliphatic rings. The standard InChI is InChI=1S/C13H19N3O2S/c1-10(2)16(8-4-7-14)19(17,18)13-6-5-12(15)9-11(13)3/h5-6,9-10H,4,8,15H2,1-3H3. The van der Waals surface area contributed by atoms with Crippen LogP contribution in [-0.4, -0.2) is 25.3 Å². The molecule has 0 unspecified atom stereocenters. The van der Waals surface area contributed by atoms with Gasteiger partial charge in [-0.2, -0.15) is 9.57 Å². The Morgan fingerprint density at radius 2 is 2.05 bits per heavy atom. The minimum atomic E-state index is -3.59. The summed E-state index contributed by atoms with van der Waals surface area (Å²) in [6.45, 7) is 5.50. The van der Waals surface area contributed by atoms with Crippen LogP contribution < -0.4 is 5.73 Å². The van der Waals surface area contributed by atoms with Crippen molar-refractivity contribution in [2.75, 3.05) is 12.3 Å². The predicted molar refractivity (Wildman–Crippen MR) is 74.8 cm³/mol.